The molecule has 0 unspecified atom stereocenters. The molecule has 3 amide bonds. The Labute approximate surface area is 267 Å². The van der Waals surface area contributed by atoms with Gasteiger partial charge in [0, 0.05) is 31.1 Å². The van der Waals surface area contributed by atoms with Crippen LogP contribution in [0.1, 0.15) is 118 Å². The van der Waals surface area contributed by atoms with E-state index in [-0.39, 0.29) is 23.2 Å². The topological polar surface area (TPSA) is 81.8 Å². The highest BCUT2D eigenvalue weighted by Gasteiger charge is 2.49. The Morgan fingerprint density at radius 3 is 1.95 bits per heavy atom. The first-order chi connectivity index (χ1) is 20.9. The highest BCUT2D eigenvalue weighted by atomic mass is 19.1. The van der Waals surface area contributed by atoms with Gasteiger partial charge in [0.2, 0.25) is 18.2 Å². The molecule has 1 atom stereocenters. The maximum atomic E-state index is 13.5. The van der Waals surface area contributed by atoms with Crippen molar-refractivity contribution < 1.29 is 18.8 Å². The van der Waals surface area contributed by atoms with E-state index in [1.54, 1.807) is 17.0 Å². The molecule has 250 valence electrons. The Bertz CT molecular complexity index is 988. The molecule has 1 aromatic rings. The molecule has 8 heteroatoms. The van der Waals surface area contributed by atoms with Crippen molar-refractivity contribution in [2.75, 3.05) is 26.2 Å². The number of nitrogens with one attached hydrogen (secondary N) is 2. The van der Waals surface area contributed by atoms with Gasteiger partial charge in [-0.3, -0.25) is 14.4 Å². The summed E-state index contributed by atoms with van der Waals surface area (Å²) in [6, 6.07) is 6.02. The van der Waals surface area contributed by atoms with Gasteiger partial charge in [-0.25, -0.2) is 4.39 Å². The van der Waals surface area contributed by atoms with Crippen molar-refractivity contribution in [2.24, 2.45) is 11.3 Å². The second-order valence-electron chi connectivity index (χ2n) is 13.9. The number of amides is 3. The molecule has 1 aromatic carbocycles. The summed E-state index contributed by atoms with van der Waals surface area (Å²) in [5.41, 5.74) is 0.0247. The van der Waals surface area contributed by atoms with Gasteiger partial charge in [0.1, 0.15) is 11.9 Å². The second-order valence-corrected chi connectivity index (χ2v) is 13.9. The van der Waals surface area contributed by atoms with Gasteiger partial charge < -0.3 is 20.4 Å². The first-order valence-corrected chi connectivity index (χ1v) is 17.2. The second kappa shape index (κ2) is 18.5. The zero-order chi connectivity index (χ0) is 32.8. The van der Waals surface area contributed by atoms with E-state index in [1.165, 1.54) is 50.9 Å². The summed E-state index contributed by atoms with van der Waals surface area (Å²) in [6.45, 7) is 18.2. The Kier molecular flexibility index (Phi) is 15.8. The van der Waals surface area contributed by atoms with E-state index in [1.807, 2.05) is 34.6 Å². The van der Waals surface area contributed by atoms with Gasteiger partial charge in [0.05, 0.1) is 5.41 Å². The fourth-order valence-corrected chi connectivity index (χ4v) is 6.88. The fraction of sp³-hybridized carbons (Fsp3) is 0.750. The van der Waals surface area contributed by atoms with E-state index in [0.29, 0.717) is 44.7 Å². The lowest BCUT2D eigenvalue weighted by Gasteiger charge is -2.48. The molecule has 3 aliphatic rings. The van der Waals surface area contributed by atoms with E-state index in [2.05, 4.69) is 29.4 Å². The number of likely N-dealkylation sites (tertiary alicyclic amines) is 2. The summed E-state index contributed by atoms with van der Waals surface area (Å²) in [5.74, 6) is -0.0367. The highest BCUT2D eigenvalue weighted by molar-refractivity contribution is 5.86. The van der Waals surface area contributed by atoms with E-state index in [9.17, 15) is 18.8 Å². The lowest BCUT2D eigenvalue weighted by Crippen LogP contribution is -2.58. The minimum absolute atomic E-state index is 0.114. The number of hydrogen-bond acceptors (Lipinski definition) is 4. The number of hydrogen-bond donors (Lipinski definition) is 2. The van der Waals surface area contributed by atoms with Crippen molar-refractivity contribution in [1.82, 2.24) is 20.4 Å². The number of halogens is 1. The summed E-state index contributed by atoms with van der Waals surface area (Å²) in [4.78, 5) is 42.3. The van der Waals surface area contributed by atoms with Crippen LogP contribution in [0.5, 0.6) is 0 Å². The van der Waals surface area contributed by atoms with Crippen LogP contribution in [0.2, 0.25) is 0 Å². The number of nitrogens with zero attached hydrogens (tertiary/aromatic N) is 2. The van der Waals surface area contributed by atoms with Gasteiger partial charge in [-0.2, -0.15) is 0 Å². The fourth-order valence-electron chi connectivity index (χ4n) is 6.88. The van der Waals surface area contributed by atoms with Crippen LogP contribution in [0.4, 0.5) is 4.39 Å². The standard InChI is InChI=1S/C26H38FN3O3.C8H17N.C2H6/c1-25(2,3)29-24(33)26(20-7-5-4-6-8-20)13-15-30(16-14-26)23(32)22(28-18-31)17-19-9-11-21(27)12-10-19;1-8(2)9-6-4-3-5-7-9;1-2/h9-12,18,20,22H,4-8,13-17H2,1-3H3,(H,28,31)(H,29,33);8H,3-7H2,1-2H3;1-2H3/t22-;;/m1../s1. The van der Waals surface area contributed by atoms with Gasteiger partial charge in [-0.15, -0.1) is 0 Å². The third-order valence-electron chi connectivity index (χ3n) is 9.34. The van der Waals surface area contributed by atoms with Crippen molar-refractivity contribution in [2.45, 2.75) is 137 Å². The van der Waals surface area contributed by atoms with Gasteiger partial charge in [-0.05, 0) is 110 Å². The molecule has 2 saturated heterocycles. The van der Waals surface area contributed by atoms with Crippen molar-refractivity contribution in [3.63, 3.8) is 0 Å². The molecule has 0 spiro atoms. The molecule has 0 aromatic heterocycles. The van der Waals surface area contributed by atoms with Gasteiger partial charge in [0.15, 0.2) is 0 Å². The molecular formula is C36H61FN4O3. The Hall–Kier alpha value is -2.48. The van der Waals surface area contributed by atoms with Crippen LogP contribution >= 0.6 is 0 Å². The van der Waals surface area contributed by atoms with Crippen LogP contribution in [-0.2, 0) is 20.8 Å². The Morgan fingerprint density at radius 2 is 1.48 bits per heavy atom. The van der Waals surface area contributed by atoms with Crippen LogP contribution in [0.25, 0.3) is 0 Å². The molecule has 2 heterocycles. The first kappa shape index (κ1) is 37.7. The zero-order valence-corrected chi connectivity index (χ0v) is 28.7. The van der Waals surface area contributed by atoms with Crippen LogP contribution < -0.4 is 10.6 Å². The molecule has 0 radical (unpaired) electrons. The molecule has 2 N–H and O–H groups in total. The Morgan fingerprint density at radius 1 is 0.932 bits per heavy atom. The van der Waals surface area contributed by atoms with Crippen LogP contribution in [0, 0.1) is 17.2 Å². The predicted molar refractivity (Wildman–Crippen MR) is 178 cm³/mol. The maximum Gasteiger partial charge on any atom is 0.245 e. The molecule has 44 heavy (non-hydrogen) atoms. The van der Waals surface area contributed by atoms with Crippen molar-refractivity contribution in [1.29, 1.82) is 0 Å². The third kappa shape index (κ3) is 11.5. The average Bonchev–Trinajstić information content (AvgIpc) is 3.03. The largest absolute Gasteiger partial charge is 0.351 e. The summed E-state index contributed by atoms with van der Waals surface area (Å²) >= 11 is 0. The lowest BCUT2D eigenvalue weighted by atomic mass is 9.63. The Balaban J connectivity index is 0.000000519. The molecule has 7 nitrogen and oxygen atoms in total. The summed E-state index contributed by atoms with van der Waals surface area (Å²) in [5, 5.41) is 5.86. The van der Waals surface area contributed by atoms with Crippen molar-refractivity contribution >= 4 is 18.2 Å². The molecular weight excluding hydrogens is 555 g/mol. The number of piperidine rings is 2. The van der Waals surface area contributed by atoms with Gasteiger partial charge >= 0.3 is 0 Å². The minimum Gasteiger partial charge on any atom is -0.351 e. The summed E-state index contributed by atoms with van der Waals surface area (Å²) in [6.07, 6.45) is 12.0. The van der Waals surface area contributed by atoms with Crippen molar-refractivity contribution in [3.8, 4) is 0 Å². The van der Waals surface area contributed by atoms with Crippen LogP contribution in [0.3, 0.4) is 0 Å². The SMILES string of the molecule is CC.CC(C)(C)NC(=O)C1(C2CCCCC2)CCN(C(=O)[C@@H](Cc2ccc(F)cc2)NC=O)CC1.CC(C)N1CCCCC1. The van der Waals surface area contributed by atoms with E-state index >= 15 is 0 Å². The quantitative estimate of drug-likeness (QED) is 0.327. The van der Waals surface area contributed by atoms with Crippen molar-refractivity contribution in [3.05, 3.63) is 35.6 Å². The number of carbonyl (C=O) groups is 3. The maximum absolute atomic E-state index is 13.5. The van der Waals surface area contributed by atoms with Gasteiger partial charge in [0.25, 0.3) is 0 Å². The normalized spacial score (nSPS) is 19.9. The summed E-state index contributed by atoms with van der Waals surface area (Å²) in [7, 11) is 0. The molecule has 4 rings (SSSR count). The predicted octanol–water partition coefficient (Wildman–Crippen LogP) is 6.49. The van der Waals surface area contributed by atoms with Gasteiger partial charge in [-0.1, -0.05) is 51.7 Å². The number of carbonyl (C=O) groups excluding carboxylic acids is 3. The molecule has 1 aliphatic carbocycles. The molecule has 2 aliphatic heterocycles. The molecule has 0 bridgehead atoms. The molecule has 3 fully saturated rings. The average molecular weight is 617 g/mol. The summed E-state index contributed by atoms with van der Waals surface area (Å²) < 4.78 is 13.2. The lowest BCUT2D eigenvalue weighted by molar-refractivity contribution is -0.147. The third-order valence-corrected chi connectivity index (χ3v) is 9.34. The number of rotatable bonds is 8. The van der Waals surface area contributed by atoms with E-state index in [0.717, 1.165) is 37.3 Å². The van der Waals surface area contributed by atoms with Crippen LogP contribution in [0.15, 0.2) is 24.3 Å². The van der Waals surface area contributed by atoms with Crippen LogP contribution in [-0.4, -0.2) is 71.8 Å². The van der Waals surface area contributed by atoms with E-state index < -0.39 is 11.5 Å². The first-order valence-electron chi connectivity index (χ1n) is 17.2. The van der Waals surface area contributed by atoms with E-state index in [4.69, 9.17) is 0 Å². The zero-order valence-electron chi connectivity index (χ0n) is 28.7. The minimum atomic E-state index is -0.710. The number of benzene rings is 1. The monoisotopic (exact) mass is 616 g/mol. The molecule has 1 saturated carbocycles. The highest BCUT2D eigenvalue weighted by Crippen LogP contribution is 2.46. The smallest absolute Gasteiger partial charge is 0.245 e.